The van der Waals surface area contributed by atoms with Gasteiger partial charge in [-0.2, -0.15) is 4.98 Å². The highest BCUT2D eigenvalue weighted by molar-refractivity contribution is 7.18. The van der Waals surface area contributed by atoms with E-state index in [1.807, 2.05) is 19.1 Å². The Labute approximate surface area is 113 Å². The van der Waals surface area contributed by atoms with Crippen LogP contribution >= 0.6 is 11.3 Å². The van der Waals surface area contributed by atoms with Crippen molar-refractivity contribution in [2.24, 2.45) is 0 Å². The van der Waals surface area contributed by atoms with Crippen molar-refractivity contribution in [3.05, 3.63) is 29.4 Å². The molecule has 6 nitrogen and oxygen atoms in total. The van der Waals surface area contributed by atoms with E-state index in [2.05, 4.69) is 25.0 Å². The lowest BCUT2D eigenvalue weighted by atomic mass is 10.2. The fourth-order valence-corrected chi connectivity index (χ4v) is 2.73. The highest BCUT2D eigenvalue weighted by Crippen LogP contribution is 2.29. The van der Waals surface area contributed by atoms with Gasteiger partial charge >= 0.3 is 0 Å². The second-order valence-electron chi connectivity index (χ2n) is 4.16. The third kappa shape index (κ3) is 2.50. The van der Waals surface area contributed by atoms with Crippen molar-refractivity contribution in [1.29, 1.82) is 0 Å². The number of anilines is 2. The summed E-state index contributed by atoms with van der Waals surface area (Å²) in [6, 6.07) is 3.93. The first-order chi connectivity index (χ1) is 9.22. The van der Waals surface area contributed by atoms with E-state index in [1.165, 1.54) is 6.39 Å². The van der Waals surface area contributed by atoms with Gasteiger partial charge in [0, 0.05) is 13.0 Å². The van der Waals surface area contributed by atoms with Crippen LogP contribution < -0.4 is 11.1 Å². The number of hydrogen-bond donors (Lipinski definition) is 2. The lowest BCUT2D eigenvalue weighted by Crippen LogP contribution is -2.07. The zero-order valence-electron chi connectivity index (χ0n) is 10.4. The molecule has 0 saturated heterocycles. The predicted molar refractivity (Wildman–Crippen MR) is 75.3 cm³/mol. The molecule has 0 radical (unpaired) electrons. The van der Waals surface area contributed by atoms with Crippen LogP contribution in [0.15, 0.2) is 23.0 Å². The molecule has 3 N–H and O–H groups in total. The van der Waals surface area contributed by atoms with Crippen LogP contribution in [0.1, 0.15) is 10.8 Å². The van der Waals surface area contributed by atoms with Gasteiger partial charge in [0.15, 0.2) is 5.82 Å². The zero-order valence-corrected chi connectivity index (χ0v) is 11.2. The molecule has 3 aromatic rings. The van der Waals surface area contributed by atoms with Gasteiger partial charge in [-0.05, 0) is 19.1 Å². The number of nitrogen functional groups attached to an aromatic ring is 1. The maximum Gasteiger partial charge on any atom is 0.213 e. The molecule has 2 heterocycles. The molecule has 0 unspecified atom stereocenters. The molecular weight excluding hydrogens is 262 g/mol. The minimum Gasteiger partial charge on any atom is -0.397 e. The number of nitrogens with two attached hydrogens (primary N) is 1. The molecule has 0 aliphatic rings. The summed E-state index contributed by atoms with van der Waals surface area (Å²) in [7, 11) is 0. The number of hydrogen-bond acceptors (Lipinski definition) is 7. The van der Waals surface area contributed by atoms with Gasteiger partial charge in [-0.1, -0.05) is 5.16 Å². The van der Waals surface area contributed by atoms with E-state index in [0.29, 0.717) is 18.8 Å². The molecule has 2 aromatic heterocycles. The normalized spacial score (nSPS) is 11.0. The van der Waals surface area contributed by atoms with Gasteiger partial charge in [-0.25, -0.2) is 4.98 Å². The van der Waals surface area contributed by atoms with Crippen molar-refractivity contribution in [1.82, 2.24) is 15.1 Å². The largest absolute Gasteiger partial charge is 0.397 e. The van der Waals surface area contributed by atoms with Crippen molar-refractivity contribution in [3.8, 4) is 0 Å². The van der Waals surface area contributed by atoms with E-state index in [0.717, 1.165) is 26.6 Å². The molecule has 1 aromatic carbocycles. The number of aryl methyl sites for hydroxylation is 1. The molecule has 0 bridgehead atoms. The summed E-state index contributed by atoms with van der Waals surface area (Å²) >= 11 is 1.65. The summed E-state index contributed by atoms with van der Waals surface area (Å²) in [6.45, 7) is 2.68. The van der Waals surface area contributed by atoms with E-state index >= 15 is 0 Å². The van der Waals surface area contributed by atoms with Gasteiger partial charge < -0.3 is 15.6 Å². The van der Waals surface area contributed by atoms with E-state index in [9.17, 15) is 0 Å². The SMILES string of the molecule is Cc1nc2cc(NCCc3ncon3)c(N)cc2s1. The highest BCUT2D eigenvalue weighted by Gasteiger charge is 2.06. The van der Waals surface area contributed by atoms with Crippen LogP contribution in [0.2, 0.25) is 0 Å². The van der Waals surface area contributed by atoms with Crippen molar-refractivity contribution < 1.29 is 4.52 Å². The maximum atomic E-state index is 6.02. The number of rotatable bonds is 4. The van der Waals surface area contributed by atoms with Crippen LogP contribution in [0.5, 0.6) is 0 Å². The van der Waals surface area contributed by atoms with Gasteiger partial charge in [0.1, 0.15) is 0 Å². The highest BCUT2D eigenvalue weighted by atomic mass is 32.1. The van der Waals surface area contributed by atoms with E-state index in [4.69, 9.17) is 5.73 Å². The third-order valence-corrected chi connectivity index (χ3v) is 3.67. The van der Waals surface area contributed by atoms with Crippen molar-refractivity contribution in [2.75, 3.05) is 17.6 Å². The molecule has 3 rings (SSSR count). The first kappa shape index (κ1) is 11.9. The Morgan fingerprint density at radius 2 is 2.32 bits per heavy atom. The zero-order chi connectivity index (χ0) is 13.2. The third-order valence-electron chi connectivity index (χ3n) is 2.74. The van der Waals surface area contributed by atoms with Crippen LogP contribution in [0.4, 0.5) is 11.4 Å². The van der Waals surface area contributed by atoms with Gasteiger partial charge in [0.2, 0.25) is 6.39 Å². The Balaban J connectivity index is 1.74. The Morgan fingerprint density at radius 1 is 1.42 bits per heavy atom. The van der Waals surface area contributed by atoms with Gasteiger partial charge in [-0.3, -0.25) is 0 Å². The Hall–Kier alpha value is -2.15. The first-order valence-corrected chi connectivity index (χ1v) is 6.70. The standard InChI is InChI=1S/C12H13N5OS/c1-7-16-10-5-9(8(13)4-11(10)19-7)14-3-2-12-15-6-18-17-12/h4-6,14H,2-3,13H2,1H3. The second-order valence-corrected chi connectivity index (χ2v) is 5.40. The minimum atomic E-state index is 0.677. The molecular formula is C12H13N5OS. The number of thiazole rings is 1. The summed E-state index contributed by atoms with van der Waals surface area (Å²) < 4.78 is 5.79. The number of fused-ring (bicyclic) bond motifs is 1. The fraction of sp³-hybridized carbons (Fsp3) is 0.250. The van der Waals surface area contributed by atoms with E-state index in [1.54, 1.807) is 11.3 Å². The lowest BCUT2D eigenvalue weighted by Gasteiger charge is -2.08. The number of benzene rings is 1. The smallest absolute Gasteiger partial charge is 0.213 e. The summed E-state index contributed by atoms with van der Waals surface area (Å²) in [5.41, 5.74) is 8.61. The molecule has 0 atom stereocenters. The molecule has 0 spiro atoms. The molecule has 0 saturated carbocycles. The van der Waals surface area contributed by atoms with E-state index < -0.39 is 0 Å². The van der Waals surface area contributed by atoms with Crippen LogP contribution in [-0.2, 0) is 6.42 Å². The van der Waals surface area contributed by atoms with Crippen LogP contribution in [0.25, 0.3) is 10.2 Å². The van der Waals surface area contributed by atoms with Crippen molar-refractivity contribution >= 4 is 32.9 Å². The Kier molecular flexibility index (Phi) is 3.04. The number of nitrogens with zero attached hydrogens (tertiary/aromatic N) is 3. The summed E-state index contributed by atoms with van der Waals surface area (Å²) in [5.74, 6) is 0.677. The maximum absolute atomic E-state index is 6.02. The fourth-order valence-electron chi connectivity index (χ4n) is 1.87. The second kappa shape index (κ2) is 4.85. The lowest BCUT2D eigenvalue weighted by molar-refractivity contribution is 0.410. The summed E-state index contributed by atoms with van der Waals surface area (Å²) in [4.78, 5) is 8.42. The average molecular weight is 275 g/mol. The molecule has 0 aliphatic carbocycles. The monoisotopic (exact) mass is 275 g/mol. The minimum absolute atomic E-state index is 0.677. The van der Waals surface area contributed by atoms with E-state index in [-0.39, 0.29) is 0 Å². The Morgan fingerprint density at radius 3 is 3.11 bits per heavy atom. The van der Waals surface area contributed by atoms with Gasteiger partial charge in [0.05, 0.1) is 26.6 Å². The van der Waals surface area contributed by atoms with Crippen LogP contribution in [0.3, 0.4) is 0 Å². The molecule has 7 heteroatoms. The Bertz CT molecular complexity index is 692. The predicted octanol–water partition coefficient (Wildman–Crippen LogP) is 2.22. The first-order valence-electron chi connectivity index (χ1n) is 5.88. The summed E-state index contributed by atoms with van der Waals surface area (Å²) in [6.07, 6.45) is 2.01. The van der Waals surface area contributed by atoms with Crippen LogP contribution in [0, 0.1) is 6.92 Å². The van der Waals surface area contributed by atoms with Crippen LogP contribution in [-0.4, -0.2) is 21.7 Å². The topological polar surface area (TPSA) is 89.9 Å². The van der Waals surface area contributed by atoms with Crippen molar-refractivity contribution in [3.63, 3.8) is 0 Å². The molecule has 19 heavy (non-hydrogen) atoms. The molecule has 0 amide bonds. The number of nitrogens with one attached hydrogen (secondary N) is 1. The average Bonchev–Trinajstić information content (AvgIpc) is 2.98. The van der Waals surface area contributed by atoms with Gasteiger partial charge in [-0.15, -0.1) is 11.3 Å². The molecule has 98 valence electrons. The number of aromatic nitrogens is 3. The van der Waals surface area contributed by atoms with Crippen molar-refractivity contribution in [2.45, 2.75) is 13.3 Å². The van der Waals surface area contributed by atoms with Gasteiger partial charge in [0.25, 0.3) is 0 Å². The summed E-state index contributed by atoms with van der Waals surface area (Å²) in [5, 5.41) is 8.07. The quantitative estimate of drug-likeness (QED) is 0.710. The molecule has 0 aliphatic heterocycles. The molecule has 0 fully saturated rings.